The van der Waals surface area contributed by atoms with Gasteiger partial charge in [-0.25, -0.2) is 9.78 Å². The third kappa shape index (κ3) is 3.29. The Morgan fingerprint density at radius 3 is 2.76 bits per heavy atom. The molecule has 3 aromatic rings. The monoisotopic (exact) mass is 396 g/mol. The highest BCUT2D eigenvalue weighted by Crippen LogP contribution is 2.29. The summed E-state index contributed by atoms with van der Waals surface area (Å²) in [4.78, 5) is 33.4. The Bertz CT molecular complexity index is 1040. The molecule has 0 bridgehead atoms. The van der Waals surface area contributed by atoms with Gasteiger partial charge in [-0.3, -0.25) is 4.79 Å². The van der Waals surface area contributed by atoms with Crippen LogP contribution in [0.15, 0.2) is 23.0 Å². The molecular weight excluding hydrogens is 383 g/mol. The Labute approximate surface area is 157 Å². The summed E-state index contributed by atoms with van der Waals surface area (Å²) >= 11 is 13.4. The van der Waals surface area contributed by atoms with Crippen LogP contribution in [-0.2, 0) is 4.74 Å². The second-order valence-corrected chi connectivity index (χ2v) is 7.55. The lowest BCUT2D eigenvalue weighted by molar-refractivity contribution is 0.0320. The van der Waals surface area contributed by atoms with Gasteiger partial charge in [0.2, 0.25) is 0 Å². The van der Waals surface area contributed by atoms with Gasteiger partial charge in [0, 0.05) is 4.88 Å². The fourth-order valence-electron chi connectivity index (χ4n) is 2.41. The molecule has 2 heterocycles. The molecule has 0 radical (unpaired) electrons. The first-order valence-corrected chi connectivity index (χ1v) is 9.01. The summed E-state index contributed by atoms with van der Waals surface area (Å²) in [5.74, 6) is -0.355. The van der Waals surface area contributed by atoms with Crippen molar-refractivity contribution in [1.82, 2.24) is 9.97 Å². The molecule has 0 amide bonds. The molecule has 2 aromatic heterocycles. The summed E-state index contributed by atoms with van der Waals surface area (Å²) in [5.41, 5.74) is 0.827. The summed E-state index contributed by atoms with van der Waals surface area (Å²) in [6.45, 7) is 5.45. The van der Waals surface area contributed by atoms with Crippen LogP contribution in [0.4, 0.5) is 0 Å². The van der Waals surface area contributed by atoms with Crippen molar-refractivity contribution in [3.8, 4) is 0 Å². The number of thiophene rings is 1. The number of hydrogen-bond donors (Lipinski definition) is 1. The first kappa shape index (κ1) is 17.9. The highest BCUT2D eigenvalue weighted by Gasteiger charge is 2.21. The summed E-state index contributed by atoms with van der Waals surface area (Å²) in [6, 6.07) is 4.71. The molecule has 1 aromatic carbocycles. The SMILES string of the molecule is Cc1sc2nc(C(C)OC(=O)c3cccc(Cl)c3Cl)[nH]c(=O)c2c1C. The first-order chi connectivity index (χ1) is 11.8. The maximum absolute atomic E-state index is 12.3. The molecule has 0 spiro atoms. The van der Waals surface area contributed by atoms with Gasteiger partial charge in [-0.2, -0.15) is 0 Å². The van der Waals surface area contributed by atoms with E-state index >= 15 is 0 Å². The standard InChI is InChI=1S/C17H14Cl2N2O3S/c1-7-9(3)25-16-12(7)15(22)20-14(21-16)8(2)24-17(23)10-5-4-6-11(18)13(10)19/h4-6,8H,1-3H3,(H,20,21,22). The molecular formula is C17H14Cl2N2O3S. The number of hydrogen-bond acceptors (Lipinski definition) is 5. The minimum atomic E-state index is -0.748. The minimum absolute atomic E-state index is 0.128. The maximum Gasteiger partial charge on any atom is 0.340 e. The van der Waals surface area contributed by atoms with E-state index < -0.39 is 12.1 Å². The second-order valence-electron chi connectivity index (χ2n) is 5.56. The fraction of sp³-hybridized carbons (Fsp3) is 0.235. The predicted octanol–water partition coefficient (Wildman–Crippen LogP) is 4.83. The zero-order valence-corrected chi connectivity index (χ0v) is 16.0. The van der Waals surface area contributed by atoms with Gasteiger partial charge < -0.3 is 9.72 Å². The fourth-order valence-corrected chi connectivity index (χ4v) is 3.82. The van der Waals surface area contributed by atoms with Gasteiger partial charge in [-0.1, -0.05) is 29.3 Å². The van der Waals surface area contributed by atoms with E-state index in [1.54, 1.807) is 19.1 Å². The van der Waals surface area contributed by atoms with Gasteiger partial charge in [0.05, 0.1) is 21.0 Å². The number of nitrogens with one attached hydrogen (secondary N) is 1. The summed E-state index contributed by atoms with van der Waals surface area (Å²) in [6.07, 6.45) is -0.748. The number of carbonyl (C=O) groups is 1. The van der Waals surface area contributed by atoms with Crippen LogP contribution < -0.4 is 5.56 Å². The summed E-state index contributed by atoms with van der Waals surface area (Å²) in [5, 5.41) is 0.965. The van der Waals surface area contributed by atoms with E-state index in [2.05, 4.69) is 9.97 Å². The van der Waals surface area contributed by atoms with Crippen LogP contribution in [0.5, 0.6) is 0 Å². The first-order valence-electron chi connectivity index (χ1n) is 7.44. The van der Waals surface area contributed by atoms with Crippen molar-refractivity contribution in [2.75, 3.05) is 0 Å². The smallest absolute Gasteiger partial charge is 0.340 e. The van der Waals surface area contributed by atoms with Crippen LogP contribution in [0.1, 0.15) is 39.7 Å². The van der Waals surface area contributed by atoms with Crippen molar-refractivity contribution in [2.45, 2.75) is 26.9 Å². The lowest BCUT2D eigenvalue weighted by Crippen LogP contribution is -2.17. The van der Waals surface area contributed by atoms with E-state index in [1.165, 1.54) is 17.4 Å². The number of aryl methyl sites for hydroxylation is 2. The van der Waals surface area contributed by atoms with Crippen LogP contribution in [0.3, 0.4) is 0 Å². The van der Waals surface area contributed by atoms with Gasteiger partial charge in [0.1, 0.15) is 4.83 Å². The number of halogens is 2. The summed E-state index contributed by atoms with van der Waals surface area (Å²) < 4.78 is 5.39. The number of benzene rings is 1. The Hall–Kier alpha value is -1.89. The molecule has 1 unspecified atom stereocenters. The predicted molar refractivity (Wildman–Crippen MR) is 100 cm³/mol. The topological polar surface area (TPSA) is 72.0 Å². The molecule has 8 heteroatoms. The molecule has 0 saturated heterocycles. The van der Waals surface area contributed by atoms with Crippen molar-refractivity contribution in [1.29, 1.82) is 0 Å². The number of rotatable bonds is 3. The maximum atomic E-state index is 12.3. The Kier molecular flexibility index (Phi) is 4.86. The van der Waals surface area contributed by atoms with E-state index in [1.807, 2.05) is 13.8 Å². The van der Waals surface area contributed by atoms with Gasteiger partial charge in [0.15, 0.2) is 11.9 Å². The van der Waals surface area contributed by atoms with Gasteiger partial charge in [-0.05, 0) is 38.5 Å². The summed E-state index contributed by atoms with van der Waals surface area (Å²) in [7, 11) is 0. The highest BCUT2D eigenvalue weighted by atomic mass is 35.5. The van der Waals surface area contributed by atoms with Gasteiger partial charge in [-0.15, -0.1) is 11.3 Å². The Morgan fingerprint density at radius 1 is 1.32 bits per heavy atom. The average Bonchev–Trinajstić information content (AvgIpc) is 2.84. The lowest BCUT2D eigenvalue weighted by atomic mass is 10.2. The quantitative estimate of drug-likeness (QED) is 0.643. The lowest BCUT2D eigenvalue weighted by Gasteiger charge is -2.13. The number of H-pyrrole nitrogens is 1. The molecule has 5 nitrogen and oxygen atoms in total. The molecule has 0 aliphatic carbocycles. The molecule has 3 rings (SSSR count). The van der Waals surface area contributed by atoms with Crippen molar-refractivity contribution < 1.29 is 9.53 Å². The number of fused-ring (bicyclic) bond motifs is 1. The molecule has 1 atom stereocenters. The van der Waals surface area contributed by atoms with Crippen LogP contribution >= 0.6 is 34.5 Å². The second kappa shape index (κ2) is 6.78. The third-order valence-corrected chi connectivity index (χ3v) is 5.82. The zero-order valence-electron chi connectivity index (χ0n) is 13.6. The molecule has 25 heavy (non-hydrogen) atoms. The minimum Gasteiger partial charge on any atom is -0.451 e. The van der Waals surface area contributed by atoms with Crippen LogP contribution in [0.2, 0.25) is 10.0 Å². The zero-order chi connectivity index (χ0) is 18.3. The third-order valence-electron chi connectivity index (χ3n) is 3.90. The molecule has 130 valence electrons. The van der Waals surface area contributed by atoms with Crippen molar-refractivity contribution >= 4 is 50.7 Å². The van der Waals surface area contributed by atoms with E-state index in [-0.39, 0.29) is 27.0 Å². The molecule has 0 saturated carbocycles. The van der Waals surface area contributed by atoms with Crippen LogP contribution in [-0.4, -0.2) is 15.9 Å². The van der Waals surface area contributed by atoms with Crippen molar-refractivity contribution in [3.63, 3.8) is 0 Å². The average molecular weight is 397 g/mol. The Morgan fingerprint density at radius 2 is 2.04 bits per heavy atom. The van der Waals surface area contributed by atoms with Crippen molar-refractivity contribution in [2.24, 2.45) is 0 Å². The number of ether oxygens (including phenoxy) is 1. The highest BCUT2D eigenvalue weighted by molar-refractivity contribution is 7.18. The Balaban J connectivity index is 1.92. The molecule has 0 aliphatic rings. The van der Waals surface area contributed by atoms with Gasteiger partial charge >= 0.3 is 5.97 Å². The van der Waals surface area contributed by atoms with Gasteiger partial charge in [0.25, 0.3) is 5.56 Å². The largest absolute Gasteiger partial charge is 0.451 e. The van der Waals surface area contributed by atoms with E-state index in [0.717, 1.165) is 10.4 Å². The van der Waals surface area contributed by atoms with E-state index in [4.69, 9.17) is 27.9 Å². The molecule has 1 N–H and O–H groups in total. The normalized spacial score (nSPS) is 12.4. The number of aromatic nitrogens is 2. The molecule has 0 aliphatic heterocycles. The van der Waals surface area contributed by atoms with Crippen LogP contribution in [0, 0.1) is 13.8 Å². The number of nitrogens with zero attached hydrogens (tertiary/aromatic N) is 1. The number of aromatic amines is 1. The molecule has 0 fully saturated rings. The number of esters is 1. The van der Waals surface area contributed by atoms with Crippen LogP contribution in [0.25, 0.3) is 10.2 Å². The number of carbonyl (C=O) groups excluding carboxylic acids is 1. The van der Waals surface area contributed by atoms with Crippen molar-refractivity contribution in [3.05, 3.63) is 60.4 Å². The van der Waals surface area contributed by atoms with E-state index in [9.17, 15) is 9.59 Å². The van der Waals surface area contributed by atoms with E-state index in [0.29, 0.717) is 10.2 Å².